The molecule has 0 aliphatic carbocycles. The Morgan fingerprint density at radius 3 is 2.82 bits per heavy atom. The predicted octanol–water partition coefficient (Wildman–Crippen LogP) is 1.20. The Morgan fingerprint density at radius 1 is 1.47 bits per heavy atom. The number of ether oxygens (including phenoxy) is 1. The lowest BCUT2D eigenvalue weighted by Crippen LogP contribution is -2.60. The molecular weight excluding hydrogens is 242 g/mol. The Kier molecular flexibility index (Phi) is 2.09. The third-order valence-electron chi connectivity index (χ3n) is 2.86. The fourth-order valence-corrected chi connectivity index (χ4v) is 2.78. The van der Waals surface area contributed by atoms with Crippen molar-refractivity contribution in [3.63, 3.8) is 0 Å². The van der Waals surface area contributed by atoms with Crippen LogP contribution in [0.15, 0.2) is 18.2 Å². The average Bonchev–Trinajstić information content (AvgIpc) is 2.25. The molecule has 1 aromatic carbocycles. The van der Waals surface area contributed by atoms with Gasteiger partial charge in [0.1, 0.15) is 5.75 Å². The highest BCUT2D eigenvalue weighted by atomic mass is 32.2. The minimum Gasteiger partial charge on any atom is -0.478 e. The fraction of sp³-hybridized carbons (Fsp3) is 0.273. The summed E-state index contributed by atoms with van der Waals surface area (Å²) in [6.45, 7) is 0. The van der Waals surface area contributed by atoms with Crippen molar-refractivity contribution in [2.45, 2.75) is 5.60 Å². The van der Waals surface area contributed by atoms with Crippen LogP contribution >= 0.6 is 11.8 Å². The summed E-state index contributed by atoms with van der Waals surface area (Å²) in [5.41, 5.74) is -0.188. The summed E-state index contributed by atoms with van der Waals surface area (Å²) in [5.74, 6) is 0.598. The van der Waals surface area contributed by atoms with Crippen LogP contribution in [0.25, 0.3) is 0 Å². The zero-order valence-electron chi connectivity index (χ0n) is 8.73. The van der Waals surface area contributed by atoms with Gasteiger partial charge in [0.2, 0.25) is 5.60 Å². The third kappa shape index (κ3) is 1.48. The summed E-state index contributed by atoms with van der Waals surface area (Å²) in [4.78, 5) is 22.7. The molecule has 1 saturated heterocycles. The molecule has 5 nitrogen and oxygen atoms in total. The van der Waals surface area contributed by atoms with E-state index in [1.54, 1.807) is 17.8 Å². The quantitative estimate of drug-likeness (QED) is 0.784. The zero-order chi connectivity index (χ0) is 12.0. The van der Waals surface area contributed by atoms with Crippen LogP contribution in [0.5, 0.6) is 5.75 Å². The highest BCUT2D eigenvalue weighted by Crippen LogP contribution is 2.41. The normalized spacial score (nSPS) is 19.9. The van der Waals surface area contributed by atoms with Crippen molar-refractivity contribution in [3.05, 3.63) is 23.8 Å². The van der Waals surface area contributed by atoms with Gasteiger partial charge >= 0.3 is 5.97 Å². The number of anilines is 1. The van der Waals surface area contributed by atoms with Crippen molar-refractivity contribution < 1.29 is 19.4 Å². The summed E-state index contributed by atoms with van der Waals surface area (Å²) in [6.07, 6.45) is 0. The summed E-state index contributed by atoms with van der Waals surface area (Å²) in [6, 6.07) is 4.47. The Labute approximate surface area is 101 Å². The van der Waals surface area contributed by atoms with Crippen LogP contribution in [-0.2, 0) is 4.79 Å². The number of benzene rings is 1. The van der Waals surface area contributed by atoms with Crippen LogP contribution in [0.1, 0.15) is 10.4 Å². The first-order valence-corrected chi connectivity index (χ1v) is 6.22. The van der Waals surface area contributed by atoms with E-state index in [2.05, 4.69) is 5.32 Å². The van der Waals surface area contributed by atoms with Gasteiger partial charge in [-0.2, -0.15) is 11.8 Å². The second-order valence-corrected chi connectivity index (χ2v) is 5.04. The van der Waals surface area contributed by atoms with Gasteiger partial charge in [0.15, 0.2) is 0 Å². The van der Waals surface area contributed by atoms with Crippen LogP contribution in [0.4, 0.5) is 5.69 Å². The minimum absolute atomic E-state index is 0.131. The maximum absolute atomic E-state index is 11.8. The lowest BCUT2D eigenvalue weighted by Gasteiger charge is -2.42. The van der Waals surface area contributed by atoms with E-state index in [9.17, 15) is 9.59 Å². The van der Waals surface area contributed by atoms with E-state index in [1.807, 2.05) is 0 Å². The van der Waals surface area contributed by atoms with E-state index in [0.717, 1.165) is 0 Å². The van der Waals surface area contributed by atoms with Gasteiger partial charge in [-0.15, -0.1) is 0 Å². The fourth-order valence-electron chi connectivity index (χ4n) is 1.82. The van der Waals surface area contributed by atoms with Gasteiger partial charge in [-0.05, 0) is 18.2 Å². The number of hydrogen-bond donors (Lipinski definition) is 2. The number of carbonyl (C=O) groups excluding carboxylic acids is 1. The SMILES string of the molecule is O=C(O)c1ccc2c(c1)NC(=O)C1(CSC1)O2. The number of thioether (sulfide) groups is 1. The molecule has 0 bridgehead atoms. The highest BCUT2D eigenvalue weighted by molar-refractivity contribution is 8.01. The lowest BCUT2D eigenvalue weighted by atomic mass is 10.0. The number of aromatic carboxylic acids is 1. The molecule has 0 radical (unpaired) electrons. The van der Waals surface area contributed by atoms with Gasteiger partial charge in [0.05, 0.1) is 11.3 Å². The molecule has 0 atom stereocenters. The molecule has 1 spiro atoms. The topological polar surface area (TPSA) is 75.6 Å². The van der Waals surface area contributed by atoms with E-state index in [0.29, 0.717) is 22.9 Å². The van der Waals surface area contributed by atoms with Crippen molar-refractivity contribution >= 4 is 29.3 Å². The first-order chi connectivity index (χ1) is 8.11. The minimum atomic E-state index is -1.03. The first kappa shape index (κ1) is 10.5. The second-order valence-electron chi connectivity index (χ2n) is 4.06. The maximum Gasteiger partial charge on any atom is 0.335 e. The molecule has 1 aromatic rings. The molecule has 2 aliphatic rings. The van der Waals surface area contributed by atoms with Gasteiger partial charge in [0.25, 0.3) is 5.91 Å². The van der Waals surface area contributed by atoms with E-state index in [1.165, 1.54) is 12.1 Å². The maximum atomic E-state index is 11.8. The highest BCUT2D eigenvalue weighted by Gasteiger charge is 2.50. The second kappa shape index (κ2) is 3.40. The summed E-state index contributed by atoms with van der Waals surface area (Å²) >= 11 is 1.65. The summed E-state index contributed by atoms with van der Waals surface area (Å²) < 4.78 is 5.68. The Hall–Kier alpha value is -1.69. The van der Waals surface area contributed by atoms with Crippen molar-refractivity contribution in [1.29, 1.82) is 0 Å². The number of carboxylic acid groups (broad SMARTS) is 1. The molecule has 88 valence electrons. The van der Waals surface area contributed by atoms with E-state index in [4.69, 9.17) is 9.84 Å². The van der Waals surface area contributed by atoms with E-state index in [-0.39, 0.29) is 11.5 Å². The largest absolute Gasteiger partial charge is 0.478 e. The number of carboxylic acids is 1. The number of hydrogen-bond acceptors (Lipinski definition) is 4. The molecule has 6 heteroatoms. The van der Waals surface area contributed by atoms with Gasteiger partial charge in [-0.3, -0.25) is 4.79 Å². The van der Waals surface area contributed by atoms with Gasteiger partial charge in [-0.25, -0.2) is 4.79 Å². The predicted molar refractivity (Wildman–Crippen MR) is 62.7 cm³/mol. The number of fused-ring (bicyclic) bond motifs is 1. The Balaban J connectivity index is 1.99. The van der Waals surface area contributed by atoms with Crippen molar-refractivity contribution in [2.75, 3.05) is 16.8 Å². The van der Waals surface area contributed by atoms with Gasteiger partial charge < -0.3 is 15.2 Å². The van der Waals surface area contributed by atoms with Crippen LogP contribution in [0, 0.1) is 0 Å². The summed E-state index contributed by atoms with van der Waals surface area (Å²) in [7, 11) is 0. The monoisotopic (exact) mass is 251 g/mol. The van der Waals surface area contributed by atoms with Crippen LogP contribution in [0.2, 0.25) is 0 Å². The smallest absolute Gasteiger partial charge is 0.335 e. The van der Waals surface area contributed by atoms with E-state index >= 15 is 0 Å². The lowest BCUT2D eigenvalue weighted by molar-refractivity contribution is -0.129. The molecule has 2 heterocycles. The number of rotatable bonds is 1. The first-order valence-electron chi connectivity index (χ1n) is 5.06. The summed E-state index contributed by atoms with van der Waals surface area (Å²) in [5, 5.41) is 11.6. The van der Waals surface area contributed by atoms with Gasteiger partial charge in [-0.1, -0.05) is 0 Å². The molecule has 1 amide bonds. The molecule has 0 saturated carbocycles. The third-order valence-corrected chi connectivity index (χ3v) is 4.21. The number of carbonyl (C=O) groups is 2. The van der Waals surface area contributed by atoms with E-state index < -0.39 is 11.6 Å². The van der Waals surface area contributed by atoms with Crippen LogP contribution in [0.3, 0.4) is 0 Å². The Bertz CT molecular complexity index is 524. The molecule has 1 fully saturated rings. The standard InChI is InChI=1S/C11H9NO4S/c13-9(14)6-1-2-8-7(3-6)12-10(15)11(16-8)4-17-5-11/h1-3H,4-5H2,(H,12,15)(H,13,14). The zero-order valence-corrected chi connectivity index (χ0v) is 9.54. The molecule has 3 rings (SSSR count). The molecular formula is C11H9NO4S. The van der Waals surface area contributed by atoms with Crippen molar-refractivity contribution in [1.82, 2.24) is 0 Å². The molecule has 17 heavy (non-hydrogen) atoms. The average molecular weight is 251 g/mol. The molecule has 2 aliphatic heterocycles. The van der Waals surface area contributed by atoms with Crippen LogP contribution < -0.4 is 10.1 Å². The van der Waals surface area contributed by atoms with Crippen LogP contribution in [-0.4, -0.2) is 34.1 Å². The molecule has 0 aromatic heterocycles. The molecule has 0 unspecified atom stereocenters. The van der Waals surface area contributed by atoms with Gasteiger partial charge in [0, 0.05) is 11.5 Å². The van der Waals surface area contributed by atoms with Crippen molar-refractivity contribution in [2.24, 2.45) is 0 Å². The van der Waals surface area contributed by atoms with Crippen molar-refractivity contribution in [3.8, 4) is 5.75 Å². The number of amides is 1. The molecule has 2 N–H and O–H groups in total. The number of nitrogens with one attached hydrogen (secondary N) is 1. The Morgan fingerprint density at radius 2 is 2.24 bits per heavy atom.